The van der Waals surface area contributed by atoms with E-state index < -0.39 is 0 Å². The summed E-state index contributed by atoms with van der Waals surface area (Å²) in [6.45, 7) is 11.4. The molecule has 8 heteroatoms. The van der Waals surface area contributed by atoms with Crippen molar-refractivity contribution in [1.29, 1.82) is 0 Å². The monoisotopic (exact) mass is 387 g/mol. The zero-order valence-electron chi connectivity index (χ0n) is 15.7. The Labute approximate surface area is 163 Å². The van der Waals surface area contributed by atoms with Crippen LogP contribution in [0.1, 0.15) is 12.7 Å². The van der Waals surface area contributed by atoms with Crippen molar-refractivity contribution >= 4 is 29.0 Å². The van der Waals surface area contributed by atoms with Crippen LogP contribution in [-0.2, 0) is 16.1 Å². The smallest absolute Gasteiger partial charge is 0.237 e. The van der Waals surface area contributed by atoms with Crippen molar-refractivity contribution in [3.05, 3.63) is 42.7 Å². The number of benzene rings is 1. The predicted octanol–water partition coefficient (Wildman–Crippen LogP) is 2.73. The number of aryl methyl sites for hydroxylation is 1. The van der Waals surface area contributed by atoms with Gasteiger partial charge in [0.05, 0.1) is 18.5 Å². The molecule has 7 nitrogen and oxygen atoms in total. The summed E-state index contributed by atoms with van der Waals surface area (Å²) >= 11 is 1.39. The second kappa shape index (κ2) is 9.05. The molecule has 0 radical (unpaired) electrons. The van der Waals surface area contributed by atoms with E-state index in [0.717, 1.165) is 48.7 Å². The number of thioether (sulfide) groups is 1. The summed E-state index contributed by atoms with van der Waals surface area (Å²) in [6.07, 6.45) is 1.79. The Bertz CT molecular complexity index is 784. The molecule has 0 saturated carbocycles. The largest absolute Gasteiger partial charge is 0.378 e. The molecule has 2 heterocycles. The lowest BCUT2D eigenvalue weighted by Gasteiger charge is -2.28. The SMILES string of the molecule is C=CCn1c(C)nnc1SC(C)C(=O)Nc1ccc(N2CCOCC2)cc1. The minimum atomic E-state index is -0.295. The molecule has 1 aliphatic rings. The highest BCUT2D eigenvalue weighted by Crippen LogP contribution is 2.24. The summed E-state index contributed by atoms with van der Waals surface area (Å²) in [5.74, 6) is 0.744. The first-order chi connectivity index (χ1) is 13.1. The van der Waals surface area contributed by atoms with Crippen molar-refractivity contribution in [1.82, 2.24) is 14.8 Å². The number of aromatic nitrogens is 3. The lowest BCUT2D eigenvalue weighted by molar-refractivity contribution is -0.115. The van der Waals surface area contributed by atoms with Crippen LogP contribution in [0.25, 0.3) is 0 Å². The maximum absolute atomic E-state index is 12.5. The first kappa shape index (κ1) is 19.4. The van der Waals surface area contributed by atoms with Crippen molar-refractivity contribution in [2.24, 2.45) is 0 Å². The van der Waals surface area contributed by atoms with Gasteiger partial charge in [0.1, 0.15) is 5.82 Å². The Morgan fingerprint density at radius 1 is 1.33 bits per heavy atom. The van der Waals surface area contributed by atoms with Gasteiger partial charge < -0.3 is 19.5 Å². The van der Waals surface area contributed by atoms with E-state index in [-0.39, 0.29) is 11.2 Å². The average molecular weight is 388 g/mol. The van der Waals surface area contributed by atoms with Gasteiger partial charge in [0, 0.05) is 31.0 Å². The number of allylic oxidation sites excluding steroid dienone is 1. The van der Waals surface area contributed by atoms with Gasteiger partial charge in [0.15, 0.2) is 5.16 Å². The summed E-state index contributed by atoms with van der Waals surface area (Å²) in [5.41, 5.74) is 1.93. The van der Waals surface area contributed by atoms with Gasteiger partial charge in [-0.25, -0.2) is 0 Å². The van der Waals surface area contributed by atoms with Crippen LogP contribution in [0.4, 0.5) is 11.4 Å². The molecule has 27 heavy (non-hydrogen) atoms. The second-order valence-corrected chi connectivity index (χ2v) is 7.63. The molecule has 1 amide bonds. The molecule has 3 rings (SSSR count). The number of hydrogen-bond acceptors (Lipinski definition) is 6. The number of hydrogen-bond donors (Lipinski definition) is 1. The average Bonchev–Trinajstić information content (AvgIpc) is 3.03. The Balaban J connectivity index is 1.58. The topological polar surface area (TPSA) is 72.3 Å². The fourth-order valence-electron chi connectivity index (χ4n) is 2.82. The van der Waals surface area contributed by atoms with E-state index in [2.05, 4.69) is 27.0 Å². The van der Waals surface area contributed by atoms with Crippen molar-refractivity contribution in [2.75, 3.05) is 36.5 Å². The standard InChI is InChI=1S/C19H25N5O2S/c1-4-9-24-15(3)21-22-19(24)27-14(2)18(25)20-16-5-7-17(8-6-16)23-10-12-26-13-11-23/h4-8,14H,1,9-13H2,2-3H3,(H,20,25). The molecule has 144 valence electrons. The van der Waals surface area contributed by atoms with E-state index in [1.54, 1.807) is 6.08 Å². The fourth-order valence-corrected chi connectivity index (χ4v) is 3.72. The molecule has 1 fully saturated rings. The zero-order chi connectivity index (χ0) is 19.2. The highest BCUT2D eigenvalue weighted by molar-refractivity contribution is 8.00. The molecule has 0 aliphatic carbocycles. The normalized spacial score (nSPS) is 15.4. The van der Waals surface area contributed by atoms with Gasteiger partial charge in [-0.3, -0.25) is 4.79 Å². The Morgan fingerprint density at radius 2 is 2.04 bits per heavy atom. The van der Waals surface area contributed by atoms with E-state index in [1.807, 2.05) is 42.7 Å². The lowest BCUT2D eigenvalue weighted by atomic mass is 10.2. The number of ether oxygens (including phenoxy) is 1. The van der Waals surface area contributed by atoms with Gasteiger partial charge in [-0.2, -0.15) is 0 Å². The maximum atomic E-state index is 12.5. The quantitative estimate of drug-likeness (QED) is 0.582. The van der Waals surface area contributed by atoms with E-state index in [0.29, 0.717) is 6.54 Å². The summed E-state index contributed by atoms with van der Waals surface area (Å²) in [4.78, 5) is 14.8. The van der Waals surface area contributed by atoms with Crippen LogP contribution in [0.2, 0.25) is 0 Å². The molecular weight excluding hydrogens is 362 g/mol. The Morgan fingerprint density at radius 3 is 2.70 bits per heavy atom. The molecule has 1 N–H and O–H groups in total. The van der Waals surface area contributed by atoms with Crippen molar-refractivity contribution in [2.45, 2.75) is 30.8 Å². The number of carbonyl (C=O) groups is 1. The van der Waals surface area contributed by atoms with E-state index in [4.69, 9.17) is 4.74 Å². The first-order valence-corrected chi connectivity index (χ1v) is 9.87. The van der Waals surface area contributed by atoms with Crippen LogP contribution in [0.15, 0.2) is 42.1 Å². The molecule has 0 bridgehead atoms. The lowest BCUT2D eigenvalue weighted by Crippen LogP contribution is -2.36. The van der Waals surface area contributed by atoms with Crippen molar-refractivity contribution in [3.8, 4) is 0 Å². The van der Waals surface area contributed by atoms with Crippen LogP contribution >= 0.6 is 11.8 Å². The molecule has 0 spiro atoms. The summed E-state index contributed by atoms with van der Waals surface area (Å²) in [5, 5.41) is 11.6. The number of carbonyl (C=O) groups excluding carboxylic acids is 1. The zero-order valence-corrected chi connectivity index (χ0v) is 16.5. The van der Waals surface area contributed by atoms with E-state index in [9.17, 15) is 4.79 Å². The minimum absolute atomic E-state index is 0.0649. The second-order valence-electron chi connectivity index (χ2n) is 6.32. The van der Waals surface area contributed by atoms with Gasteiger partial charge in [-0.15, -0.1) is 16.8 Å². The fraction of sp³-hybridized carbons (Fsp3) is 0.421. The molecule has 1 aliphatic heterocycles. The number of rotatable bonds is 7. The van der Waals surface area contributed by atoms with Gasteiger partial charge in [-0.05, 0) is 38.1 Å². The van der Waals surface area contributed by atoms with E-state index >= 15 is 0 Å². The van der Waals surface area contributed by atoms with Gasteiger partial charge in [-0.1, -0.05) is 17.8 Å². The number of nitrogens with one attached hydrogen (secondary N) is 1. The third-order valence-electron chi connectivity index (χ3n) is 4.38. The number of anilines is 2. The molecule has 1 saturated heterocycles. The van der Waals surface area contributed by atoms with Crippen LogP contribution in [0.5, 0.6) is 0 Å². The number of nitrogens with zero attached hydrogens (tertiary/aromatic N) is 4. The Kier molecular flexibility index (Phi) is 6.52. The third-order valence-corrected chi connectivity index (χ3v) is 5.46. The molecule has 1 aromatic carbocycles. The third kappa shape index (κ3) is 4.90. The van der Waals surface area contributed by atoms with Crippen molar-refractivity contribution < 1.29 is 9.53 Å². The maximum Gasteiger partial charge on any atom is 0.237 e. The number of amides is 1. The molecular formula is C19H25N5O2S. The summed E-state index contributed by atoms with van der Waals surface area (Å²) in [6, 6.07) is 7.93. The van der Waals surface area contributed by atoms with Crippen LogP contribution < -0.4 is 10.2 Å². The van der Waals surface area contributed by atoms with Crippen LogP contribution in [0.3, 0.4) is 0 Å². The van der Waals surface area contributed by atoms with Gasteiger partial charge >= 0.3 is 0 Å². The first-order valence-electron chi connectivity index (χ1n) is 8.99. The molecule has 1 aromatic heterocycles. The van der Waals surface area contributed by atoms with Crippen LogP contribution in [0, 0.1) is 6.92 Å². The van der Waals surface area contributed by atoms with Gasteiger partial charge in [0.25, 0.3) is 0 Å². The molecule has 1 atom stereocenters. The van der Waals surface area contributed by atoms with E-state index in [1.165, 1.54) is 11.8 Å². The number of morpholine rings is 1. The highest BCUT2D eigenvalue weighted by Gasteiger charge is 2.19. The molecule has 2 aromatic rings. The summed E-state index contributed by atoms with van der Waals surface area (Å²) < 4.78 is 7.32. The van der Waals surface area contributed by atoms with Crippen LogP contribution in [-0.4, -0.2) is 52.2 Å². The predicted molar refractivity (Wildman–Crippen MR) is 108 cm³/mol. The highest BCUT2D eigenvalue weighted by atomic mass is 32.2. The molecule has 1 unspecified atom stereocenters. The summed E-state index contributed by atoms with van der Waals surface area (Å²) in [7, 11) is 0. The van der Waals surface area contributed by atoms with Crippen molar-refractivity contribution in [3.63, 3.8) is 0 Å². The minimum Gasteiger partial charge on any atom is -0.378 e. The Hall–Kier alpha value is -2.32. The van der Waals surface area contributed by atoms with Gasteiger partial charge in [0.2, 0.25) is 5.91 Å².